The van der Waals surface area contributed by atoms with E-state index in [-0.39, 0.29) is 12.5 Å². The molecule has 3 nitrogen and oxygen atoms in total. The average molecular weight is 311 g/mol. The number of aliphatic hydroxyl groups excluding tert-OH is 1. The molecule has 122 valence electrons. The number of aryl methyl sites for hydroxylation is 2. The first-order valence-corrected chi connectivity index (χ1v) is 8.33. The molecule has 0 aliphatic rings. The Morgan fingerprint density at radius 2 is 1.52 bits per heavy atom. The Morgan fingerprint density at radius 3 is 2.13 bits per heavy atom. The molecule has 2 aromatic carbocycles. The highest BCUT2D eigenvalue weighted by atomic mass is 16.2. The minimum Gasteiger partial charge on any atom is -0.396 e. The van der Waals surface area contributed by atoms with Crippen LogP contribution in [0.25, 0.3) is 0 Å². The third-order valence-electron chi connectivity index (χ3n) is 3.84. The Morgan fingerprint density at radius 1 is 0.913 bits per heavy atom. The van der Waals surface area contributed by atoms with Crippen LogP contribution < -0.4 is 5.32 Å². The van der Waals surface area contributed by atoms with Crippen molar-refractivity contribution in [3.63, 3.8) is 0 Å². The van der Waals surface area contributed by atoms with Crippen molar-refractivity contribution in [2.24, 2.45) is 0 Å². The van der Waals surface area contributed by atoms with Gasteiger partial charge >= 0.3 is 0 Å². The Balaban J connectivity index is 1.91. The van der Waals surface area contributed by atoms with Crippen LogP contribution in [-0.2, 0) is 12.8 Å². The van der Waals surface area contributed by atoms with Crippen molar-refractivity contribution in [3.05, 3.63) is 65.2 Å². The van der Waals surface area contributed by atoms with Crippen molar-refractivity contribution >= 4 is 11.6 Å². The maximum Gasteiger partial charge on any atom is 0.255 e. The number of carbonyl (C=O) groups excluding carboxylic acids is 1. The minimum atomic E-state index is -0.0823. The van der Waals surface area contributed by atoms with Gasteiger partial charge in [-0.1, -0.05) is 37.6 Å². The standard InChI is InChI=1S/C20H25NO2/c1-2-5-16-7-11-18(12-8-16)20(23)21-19-13-9-17(10-14-19)6-3-4-15-22/h7-14,22H,2-6,15H2,1H3,(H,21,23). The quantitative estimate of drug-likeness (QED) is 0.718. The smallest absolute Gasteiger partial charge is 0.255 e. The molecule has 0 aliphatic carbocycles. The van der Waals surface area contributed by atoms with E-state index in [0.29, 0.717) is 5.56 Å². The highest BCUT2D eigenvalue weighted by molar-refractivity contribution is 6.04. The lowest BCUT2D eigenvalue weighted by Gasteiger charge is -2.07. The molecule has 2 aromatic rings. The van der Waals surface area contributed by atoms with Gasteiger partial charge in [-0.3, -0.25) is 4.79 Å². The normalized spacial score (nSPS) is 10.5. The topological polar surface area (TPSA) is 49.3 Å². The zero-order valence-electron chi connectivity index (χ0n) is 13.7. The number of unbranched alkanes of at least 4 members (excludes halogenated alkanes) is 1. The Labute approximate surface area is 138 Å². The van der Waals surface area contributed by atoms with Gasteiger partial charge in [0.2, 0.25) is 0 Å². The van der Waals surface area contributed by atoms with Gasteiger partial charge in [0.05, 0.1) is 0 Å². The maximum atomic E-state index is 12.2. The van der Waals surface area contributed by atoms with E-state index in [4.69, 9.17) is 5.11 Å². The molecule has 0 spiro atoms. The van der Waals surface area contributed by atoms with Gasteiger partial charge in [0.15, 0.2) is 0 Å². The molecule has 0 aliphatic heterocycles. The lowest BCUT2D eigenvalue weighted by molar-refractivity contribution is 0.102. The summed E-state index contributed by atoms with van der Waals surface area (Å²) in [6.07, 6.45) is 4.91. The summed E-state index contributed by atoms with van der Waals surface area (Å²) in [4.78, 5) is 12.2. The predicted octanol–water partition coefficient (Wildman–Crippen LogP) is 4.21. The number of benzene rings is 2. The van der Waals surface area contributed by atoms with E-state index in [1.807, 2.05) is 48.5 Å². The summed E-state index contributed by atoms with van der Waals surface area (Å²) < 4.78 is 0. The summed E-state index contributed by atoms with van der Waals surface area (Å²) in [7, 11) is 0. The van der Waals surface area contributed by atoms with Crippen molar-refractivity contribution < 1.29 is 9.90 Å². The molecule has 2 rings (SSSR count). The summed E-state index contributed by atoms with van der Waals surface area (Å²) in [5.74, 6) is -0.0823. The fraction of sp³-hybridized carbons (Fsp3) is 0.350. The van der Waals surface area contributed by atoms with E-state index < -0.39 is 0 Å². The monoisotopic (exact) mass is 311 g/mol. The van der Waals surface area contributed by atoms with Crippen LogP contribution in [0.5, 0.6) is 0 Å². The van der Waals surface area contributed by atoms with Crippen LogP contribution in [0.1, 0.15) is 47.7 Å². The van der Waals surface area contributed by atoms with E-state index in [0.717, 1.165) is 37.8 Å². The van der Waals surface area contributed by atoms with Crippen LogP contribution >= 0.6 is 0 Å². The first-order chi connectivity index (χ1) is 11.2. The number of carbonyl (C=O) groups is 1. The molecule has 0 fully saturated rings. The molecular formula is C20H25NO2. The number of hydrogen-bond donors (Lipinski definition) is 2. The molecule has 0 atom stereocenters. The summed E-state index contributed by atoms with van der Waals surface area (Å²) in [5.41, 5.74) is 3.96. The Kier molecular flexibility index (Phi) is 6.82. The SMILES string of the molecule is CCCc1ccc(C(=O)Nc2ccc(CCCCO)cc2)cc1. The zero-order valence-corrected chi connectivity index (χ0v) is 13.7. The van der Waals surface area contributed by atoms with Crippen molar-refractivity contribution in [3.8, 4) is 0 Å². The van der Waals surface area contributed by atoms with E-state index >= 15 is 0 Å². The van der Waals surface area contributed by atoms with Crippen molar-refractivity contribution in [1.29, 1.82) is 0 Å². The highest BCUT2D eigenvalue weighted by Crippen LogP contribution is 2.14. The first kappa shape index (κ1) is 17.2. The first-order valence-electron chi connectivity index (χ1n) is 8.33. The molecule has 0 unspecified atom stereocenters. The van der Waals surface area contributed by atoms with Gasteiger partial charge in [-0.25, -0.2) is 0 Å². The number of amides is 1. The minimum absolute atomic E-state index is 0.0823. The van der Waals surface area contributed by atoms with Crippen LogP contribution in [0, 0.1) is 0 Å². The van der Waals surface area contributed by atoms with Gasteiger partial charge in [0, 0.05) is 17.9 Å². The fourth-order valence-corrected chi connectivity index (χ4v) is 2.51. The van der Waals surface area contributed by atoms with E-state index in [1.165, 1.54) is 11.1 Å². The molecule has 1 amide bonds. The summed E-state index contributed by atoms with van der Waals surface area (Å²) in [6, 6.07) is 15.7. The lowest BCUT2D eigenvalue weighted by Crippen LogP contribution is -2.11. The van der Waals surface area contributed by atoms with Crippen LogP contribution in [0.4, 0.5) is 5.69 Å². The maximum absolute atomic E-state index is 12.2. The molecule has 0 radical (unpaired) electrons. The van der Waals surface area contributed by atoms with Gasteiger partial charge in [-0.05, 0) is 61.1 Å². The molecule has 0 bridgehead atoms. The third-order valence-corrected chi connectivity index (χ3v) is 3.84. The average Bonchev–Trinajstić information content (AvgIpc) is 2.57. The molecule has 0 saturated carbocycles. The largest absolute Gasteiger partial charge is 0.396 e. The molecule has 0 aromatic heterocycles. The highest BCUT2D eigenvalue weighted by Gasteiger charge is 2.06. The Hall–Kier alpha value is -2.13. The summed E-state index contributed by atoms with van der Waals surface area (Å²) >= 11 is 0. The number of nitrogens with one attached hydrogen (secondary N) is 1. The number of rotatable bonds is 8. The van der Waals surface area contributed by atoms with Crippen molar-refractivity contribution in [2.75, 3.05) is 11.9 Å². The number of hydrogen-bond acceptors (Lipinski definition) is 2. The number of anilines is 1. The molecule has 0 saturated heterocycles. The van der Waals surface area contributed by atoms with Crippen LogP contribution in [-0.4, -0.2) is 17.6 Å². The van der Waals surface area contributed by atoms with Gasteiger partial charge in [0.25, 0.3) is 5.91 Å². The molecule has 2 N–H and O–H groups in total. The van der Waals surface area contributed by atoms with Crippen LogP contribution in [0.2, 0.25) is 0 Å². The molecule has 3 heteroatoms. The van der Waals surface area contributed by atoms with Gasteiger partial charge < -0.3 is 10.4 Å². The van der Waals surface area contributed by atoms with Crippen LogP contribution in [0.3, 0.4) is 0 Å². The predicted molar refractivity (Wildman–Crippen MR) is 94.9 cm³/mol. The van der Waals surface area contributed by atoms with Gasteiger partial charge in [-0.15, -0.1) is 0 Å². The second-order valence-corrected chi connectivity index (χ2v) is 5.78. The van der Waals surface area contributed by atoms with Gasteiger partial charge in [-0.2, -0.15) is 0 Å². The van der Waals surface area contributed by atoms with E-state index in [2.05, 4.69) is 12.2 Å². The van der Waals surface area contributed by atoms with Crippen molar-refractivity contribution in [1.82, 2.24) is 0 Å². The Bertz CT molecular complexity index is 603. The molecule has 23 heavy (non-hydrogen) atoms. The molecular weight excluding hydrogens is 286 g/mol. The van der Waals surface area contributed by atoms with Gasteiger partial charge in [0.1, 0.15) is 0 Å². The zero-order chi connectivity index (χ0) is 16.5. The summed E-state index contributed by atoms with van der Waals surface area (Å²) in [5, 5.41) is 11.7. The van der Waals surface area contributed by atoms with Crippen LogP contribution in [0.15, 0.2) is 48.5 Å². The lowest BCUT2D eigenvalue weighted by atomic mass is 10.1. The van der Waals surface area contributed by atoms with E-state index in [9.17, 15) is 4.79 Å². The van der Waals surface area contributed by atoms with Crippen molar-refractivity contribution in [2.45, 2.75) is 39.0 Å². The molecule has 0 heterocycles. The second-order valence-electron chi connectivity index (χ2n) is 5.78. The number of aliphatic hydroxyl groups is 1. The van der Waals surface area contributed by atoms with E-state index in [1.54, 1.807) is 0 Å². The summed E-state index contributed by atoms with van der Waals surface area (Å²) in [6.45, 7) is 2.39. The fourth-order valence-electron chi connectivity index (χ4n) is 2.51. The third kappa shape index (κ3) is 5.53. The second kappa shape index (κ2) is 9.11.